The molecule has 0 saturated heterocycles. The summed E-state index contributed by atoms with van der Waals surface area (Å²) in [5, 5.41) is 8.26. The fourth-order valence-electron chi connectivity index (χ4n) is 7.37. The monoisotopic (exact) mass is 638 g/mol. The Bertz CT molecular complexity index is 2900. The second-order valence-corrected chi connectivity index (χ2v) is 12.9. The van der Waals surface area contributed by atoms with Crippen LogP contribution in [0.5, 0.6) is 0 Å². The number of fused-ring (bicyclic) bond motifs is 6. The first-order valence-corrected chi connectivity index (χ1v) is 16.9. The average Bonchev–Trinajstić information content (AvgIpc) is 3.53. The zero-order valence-corrected chi connectivity index (χ0v) is 27.1. The van der Waals surface area contributed by atoms with Gasteiger partial charge in [-0.2, -0.15) is 0 Å². The topological polar surface area (TPSA) is 29.3 Å². The fraction of sp³-hybridized carbons (Fsp3) is 0. The minimum absolute atomic E-state index is 0.758. The number of hydrogen-bond acceptors (Lipinski definition) is 3. The number of pyridine rings is 1. The largest absolute Gasteiger partial charge is 0.454 e. The molecule has 0 amide bonds. The number of rotatable bonds is 5. The van der Waals surface area contributed by atoms with Gasteiger partial charge in [-0.05, 0) is 97.0 Å². The van der Waals surface area contributed by atoms with E-state index in [4.69, 9.17) is 9.40 Å². The van der Waals surface area contributed by atoms with Crippen LogP contribution in [0.3, 0.4) is 0 Å². The summed E-state index contributed by atoms with van der Waals surface area (Å²) in [6, 6.07) is 62.6. The van der Waals surface area contributed by atoms with Crippen molar-refractivity contribution >= 4 is 71.4 Å². The van der Waals surface area contributed by atoms with Crippen LogP contribution in [0.25, 0.3) is 76.6 Å². The Morgan fingerprint density at radius 2 is 1.00 bits per heavy atom. The number of furan rings is 1. The average molecular weight is 639 g/mol. The molecule has 3 heteroatoms. The van der Waals surface area contributed by atoms with Crippen LogP contribution in [0.2, 0.25) is 0 Å². The first-order chi connectivity index (χ1) is 24.7. The molecule has 0 N–H and O–H groups in total. The normalized spacial score (nSPS) is 11.6. The molecular weight excluding hydrogens is 609 g/mol. The maximum atomic E-state index is 6.51. The minimum Gasteiger partial charge on any atom is -0.454 e. The molecule has 10 aromatic rings. The molecular formula is C47H30N2O. The van der Waals surface area contributed by atoms with Crippen molar-refractivity contribution in [3.05, 3.63) is 182 Å². The van der Waals surface area contributed by atoms with Crippen molar-refractivity contribution in [3.8, 4) is 22.3 Å². The predicted molar refractivity (Wildman–Crippen MR) is 210 cm³/mol. The van der Waals surface area contributed by atoms with E-state index >= 15 is 0 Å². The van der Waals surface area contributed by atoms with Gasteiger partial charge in [0.25, 0.3) is 0 Å². The molecule has 50 heavy (non-hydrogen) atoms. The van der Waals surface area contributed by atoms with Gasteiger partial charge < -0.3 is 9.32 Å². The van der Waals surface area contributed by atoms with Crippen LogP contribution >= 0.6 is 0 Å². The van der Waals surface area contributed by atoms with E-state index in [0.717, 1.165) is 55.6 Å². The van der Waals surface area contributed by atoms with Crippen molar-refractivity contribution in [1.82, 2.24) is 4.98 Å². The lowest BCUT2D eigenvalue weighted by Gasteiger charge is -2.26. The summed E-state index contributed by atoms with van der Waals surface area (Å²) < 4.78 is 6.51. The van der Waals surface area contributed by atoms with Crippen LogP contribution in [0.15, 0.2) is 187 Å². The van der Waals surface area contributed by atoms with E-state index in [1.54, 1.807) is 0 Å². The molecule has 234 valence electrons. The summed E-state index contributed by atoms with van der Waals surface area (Å²) in [6.07, 6.45) is 1.97. The number of hydrogen-bond donors (Lipinski definition) is 0. The Kier molecular flexibility index (Phi) is 6.49. The maximum absolute atomic E-state index is 6.51. The molecule has 0 fully saturated rings. The van der Waals surface area contributed by atoms with E-state index in [-0.39, 0.29) is 0 Å². The molecule has 0 atom stereocenters. The van der Waals surface area contributed by atoms with Crippen molar-refractivity contribution in [2.45, 2.75) is 0 Å². The van der Waals surface area contributed by atoms with Crippen molar-refractivity contribution in [2.75, 3.05) is 4.90 Å². The van der Waals surface area contributed by atoms with Crippen LogP contribution < -0.4 is 4.90 Å². The molecule has 0 spiro atoms. The summed E-state index contributed by atoms with van der Waals surface area (Å²) in [7, 11) is 0. The van der Waals surface area contributed by atoms with Crippen LogP contribution in [0.1, 0.15) is 0 Å². The Morgan fingerprint density at radius 3 is 1.82 bits per heavy atom. The molecule has 2 heterocycles. The molecule has 2 aromatic heterocycles. The van der Waals surface area contributed by atoms with Crippen LogP contribution in [0, 0.1) is 0 Å². The van der Waals surface area contributed by atoms with Gasteiger partial charge in [-0.3, -0.25) is 0 Å². The van der Waals surface area contributed by atoms with Gasteiger partial charge in [-0.1, -0.05) is 127 Å². The van der Waals surface area contributed by atoms with Gasteiger partial charge in [0.15, 0.2) is 5.58 Å². The SMILES string of the molecule is c1cc(-c2ccc3ccccc3c2)cc(N(c2cccc(-c3cccc4ccccc34)c2)c2cnc3c(c2)oc2cc4ccccc4cc23)c1. The summed E-state index contributed by atoms with van der Waals surface area (Å²) in [4.78, 5) is 7.34. The highest BCUT2D eigenvalue weighted by Gasteiger charge is 2.18. The van der Waals surface area contributed by atoms with Gasteiger partial charge >= 0.3 is 0 Å². The summed E-state index contributed by atoms with van der Waals surface area (Å²) >= 11 is 0. The second-order valence-electron chi connectivity index (χ2n) is 12.9. The summed E-state index contributed by atoms with van der Waals surface area (Å²) in [6.45, 7) is 0. The Labute approximate surface area is 289 Å². The molecule has 0 aliphatic heterocycles. The van der Waals surface area contributed by atoms with Crippen molar-refractivity contribution < 1.29 is 4.42 Å². The van der Waals surface area contributed by atoms with Crippen molar-refractivity contribution in [3.63, 3.8) is 0 Å². The highest BCUT2D eigenvalue weighted by molar-refractivity contribution is 6.09. The third kappa shape index (κ3) is 4.79. The van der Waals surface area contributed by atoms with Crippen LogP contribution in [-0.2, 0) is 0 Å². The Balaban J connectivity index is 1.16. The molecule has 0 aliphatic carbocycles. The first-order valence-electron chi connectivity index (χ1n) is 16.9. The fourth-order valence-corrected chi connectivity index (χ4v) is 7.37. The quantitative estimate of drug-likeness (QED) is 0.188. The second kappa shape index (κ2) is 11.5. The lowest BCUT2D eigenvalue weighted by molar-refractivity contribution is 0.668. The standard InChI is InChI=1S/C47H30N2O/c1-2-12-33-24-37(23-22-31(33)10-1)34-16-7-18-39(25-34)49(40-19-8-17-38(26-40)43-21-9-15-32-11-5-6-20-42(32)43)41-29-46-47(48-30-41)44-27-35-13-3-4-14-36(35)28-45(44)50-46/h1-30H. The van der Waals surface area contributed by atoms with Gasteiger partial charge in [0.2, 0.25) is 0 Å². The van der Waals surface area contributed by atoms with Gasteiger partial charge in [-0.15, -0.1) is 0 Å². The molecule has 3 nitrogen and oxygen atoms in total. The number of aromatic nitrogens is 1. The van der Waals surface area contributed by atoms with Crippen molar-refractivity contribution in [2.24, 2.45) is 0 Å². The number of anilines is 3. The first kappa shape index (κ1) is 28.3. The molecule has 0 radical (unpaired) electrons. The third-order valence-corrected chi connectivity index (χ3v) is 9.81. The molecule has 0 saturated carbocycles. The zero-order chi connectivity index (χ0) is 33.0. The third-order valence-electron chi connectivity index (χ3n) is 9.81. The molecule has 0 aliphatic rings. The van der Waals surface area contributed by atoms with E-state index in [0.29, 0.717) is 0 Å². The number of nitrogens with zero attached hydrogens (tertiary/aromatic N) is 2. The smallest absolute Gasteiger partial charge is 0.155 e. The van der Waals surface area contributed by atoms with Gasteiger partial charge in [-0.25, -0.2) is 4.98 Å². The highest BCUT2D eigenvalue weighted by Crippen LogP contribution is 2.41. The van der Waals surface area contributed by atoms with E-state index < -0.39 is 0 Å². The predicted octanol–water partition coefficient (Wildman–Crippen LogP) is 13.2. The van der Waals surface area contributed by atoms with Crippen LogP contribution in [0.4, 0.5) is 17.1 Å². The number of benzene rings is 8. The molecule has 8 aromatic carbocycles. The molecule has 0 unspecified atom stereocenters. The lowest BCUT2D eigenvalue weighted by Crippen LogP contribution is -2.10. The van der Waals surface area contributed by atoms with E-state index in [2.05, 4.69) is 181 Å². The molecule has 10 rings (SSSR count). The minimum atomic E-state index is 0.758. The zero-order valence-electron chi connectivity index (χ0n) is 27.1. The van der Waals surface area contributed by atoms with Gasteiger partial charge in [0.05, 0.1) is 11.9 Å². The van der Waals surface area contributed by atoms with Gasteiger partial charge in [0.1, 0.15) is 11.1 Å². The Hall–Kier alpha value is -6.71. The van der Waals surface area contributed by atoms with Gasteiger partial charge in [0, 0.05) is 22.8 Å². The van der Waals surface area contributed by atoms with Crippen molar-refractivity contribution in [1.29, 1.82) is 0 Å². The summed E-state index contributed by atoms with van der Waals surface area (Å²) in [5.74, 6) is 0. The summed E-state index contributed by atoms with van der Waals surface area (Å²) in [5.41, 5.74) is 10.1. The van der Waals surface area contributed by atoms with Crippen LogP contribution in [-0.4, -0.2) is 4.98 Å². The Morgan fingerprint density at radius 1 is 0.380 bits per heavy atom. The van der Waals surface area contributed by atoms with E-state index in [1.807, 2.05) is 6.20 Å². The van der Waals surface area contributed by atoms with E-state index in [9.17, 15) is 0 Å². The maximum Gasteiger partial charge on any atom is 0.155 e. The molecule has 0 bridgehead atoms. The highest BCUT2D eigenvalue weighted by atomic mass is 16.3. The lowest BCUT2D eigenvalue weighted by atomic mass is 9.97. The van der Waals surface area contributed by atoms with E-state index in [1.165, 1.54) is 38.1 Å².